The van der Waals surface area contributed by atoms with Crippen molar-refractivity contribution >= 4 is 42.5 Å². The van der Waals surface area contributed by atoms with Crippen LogP contribution in [0.3, 0.4) is 0 Å². The number of halogens is 8. The molecule has 1 amide bonds. The van der Waals surface area contributed by atoms with Crippen molar-refractivity contribution in [2.75, 3.05) is 23.3 Å². The summed E-state index contributed by atoms with van der Waals surface area (Å²) in [6, 6.07) is 7.46. The number of ether oxygens (including phenoxy) is 1. The van der Waals surface area contributed by atoms with Gasteiger partial charge >= 0.3 is 18.4 Å². The van der Waals surface area contributed by atoms with Gasteiger partial charge in [-0.05, 0) is 74.1 Å². The number of nitrogens with one attached hydrogen (secondary N) is 1. The van der Waals surface area contributed by atoms with E-state index in [-0.39, 0.29) is 48.1 Å². The first-order valence-electron chi connectivity index (χ1n) is 12.1. The molecule has 1 saturated carbocycles. The Bertz CT molecular complexity index is 1300. The molecule has 5 rings (SSSR count). The average Bonchev–Trinajstić information content (AvgIpc) is 3.23. The highest BCUT2D eigenvalue weighted by atomic mass is 35.5. The first kappa shape index (κ1) is 32.1. The fraction of sp³-hybridized carbons (Fsp3) is 0.400. The van der Waals surface area contributed by atoms with Gasteiger partial charge in [-0.15, -0.1) is 40.1 Å². The molecule has 8 nitrogen and oxygen atoms in total. The maximum absolute atomic E-state index is 13.2. The van der Waals surface area contributed by atoms with Crippen molar-refractivity contribution in [2.45, 2.75) is 43.6 Å². The molecule has 16 heteroatoms. The summed E-state index contributed by atoms with van der Waals surface area (Å²) >= 11 is 0. The van der Waals surface area contributed by atoms with Crippen molar-refractivity contribution in [1.29, 1.82) is 0 Å². The molecule has 3 aromatic rings. The van der Waals surface area contributed by atoms with Gasteiger partial charge in [0.1, 0.15) is 11.4 Å². The summed E-state index contributed by atoms with van der Waals surface area (Å²) in [7, 11) is 0. The number of amides is 1. The first-order chi connectivity index (χ1) is 18.4. The monoisotopic (exact) mass is 624 g/mol. The van der Waals surface area contributed by atoms with Crippen LogP contribution in [0.2, 0.25) is 0 Å². The van der Waals surface area contributed by atoms with Crippen LogP contribution in [0.25, 0.3) is 11.3 Å². The van der Waals surface area contributed by atoms with Crippen LogP contribution in [-0.2, 0) is 17.1 Å². The van der Waals surface area contributed by atoms with Crippen LogP contribution in [0.1, 0.15) is 36.8 Å². The van der Waals surface area contributed by atoms with Gasteiger partial charge in [-0.2, -0.15) is 31.4 Å². The van der Waals surface area contributed by atoms with E-state index in [0.717, 1.165) is 12.8 Å². The molecule has 1 saturated heterocycles. The van der Waals surface area contributed by atoms with Gasteiger partial charge in [0, 0.05) is 18.3 Å². The van der Waals surface area contributed by atoms with Crippen molar-refractivity contribution < 1.29 is 35.9 Å². The van der Waals surface area contributed by atoms with Gasteiger partial charge in [0.05, 0.1) is 23.4 Å². The Balaban J connectivity index is 0.00000231. The zero-order chi connectivity index (χ0) is 27.8. The highest BCUT2D eigenvalue weighted by Gasteiger charge is 2.48. The van der Waals surface area contributed by atoms with E-state index in [1.165, 1.54) is 23.2 Å². The highest BCUT2D eigenvalue weighted by Crippen LogP contribution is 2.41. The molecular formula is C25H24Cl2F6N6O2. The smallest absolute Gasteiger partial charge is 0.416 e. The zero-order valence-electron chi connectivity index (χ0n) is 21.1. The Hall–Kier alpha value is -3.39. The average molecular weight is 625 g/mol. The third-order valence-corrected chi connectivity index (χ3v) is 6.94. The Labute approximate surface area is 242 Å². The van der Waals surface area contributed by atoms with Crippen LogP contribution in [-0.4, -0.2) is 45.2 Å². The van der Waals surface area contributed by atoms with Gasteiger partial charge in [-0.25, -0.2) is 4.79 Å². The van der Waals surface area contributed by atoms with Gasteiger partial charge in [0.25, 0.3) is 0 Å². The zero-order valence-corrected chi connectivity index (χ0v) is 22.7. The molecule has 2 fully saturated rings. The summed E-state index contributed by atoms with van der Waals surface area (Å²) in [6.07, 6.45) is -5.98. The molecule has 0 atom stereocenters. The summed E-state index contributed by atoms with van der Waals surface area (Å²) < 4.78 is 84.7. The van der Waals surface area contributed by atoms with Gasteiger partial charge in [0.15, 0.2) is 5.82 Å². The van der Waals surface area contributed by atoms with Crippen molar-refractivity contribution in [3.05, 3.63) is 59.8 Å². The normalized spacial score (nSPS) is 20.7. The van der Waals surface area contributed by atoms with Gasteiger partial charge < -0.3 is 10.1 Å². The summed E-state index contributed by atoms with van der Waals surface area (Å²) in [5, 5.41) is 18.7. The Morgan fingerprint density at radius 2 is 1.59 bits per heavy atom. The van der Waals surface area contributed by atoms with Crippen LogP contribution < -0.4 is 10.2 Å². The SMILES string of the molecule is Cl.Cl.O=C1O[C@]2(CC[C@H](CNc3ccc(-c4cc(C(F)(F)F)cc(C(F)(F)F)c4)nn3)CC2)CN1c1cccnn1. The van der Waals surface area contributed by atoms with Crippen LogP contribution in [0, 0.1) is 5.92 Å². The number of anilines is 2. The largest absolute Gasteiger partial charge is 0.441 e. The van der Waals surface area contributed by atoms with Gasteiger partial charge in [0.2, 0.25) is 0 Å². The molecular weight excluding hydrogens is 601 g/mol. The lowest BCUT2D eigenvalue weighted by molar-refractivity contribution is -0.143. The standard InChI is InChI=1S/C25H22F6N6O2.2ClH/c26-24(27,28)17-10-16(11-18(12-17)25(29,30)31)19-3-4-20(35-34-19)32-13-15-5-7-23(8-6-15)14-37(22(38)39-23)21-2-1-9-33-36-21;;/h1-4,9-12,15H,5-8,13-14H2,(H,32,35);2*1H/t15-,23-;;. The van der Waals surface area contributed by atoms with Crippen LogP contribution in [0.5, 0.6) is 0 Å². The number of hydrogen-bond donors (Lipinski definition) is 1. The molecule has 1 aliphatic carbocycles. The fourth-order valence-electron chi connectivity index (χ4n) is 4.84. The van der Waals surface area contributed by atoms with Crippen molar-refractivity contribution in [3.63, 3.8) is 0 Å². The molecule has 2 aliphatic rings. The molecule has 1 N–H and O–H groups in total. The fourth-order valence-corrected chi connectivity index (χ4v) is 4.84. The number of rotatable bonds is 5. The lowest BCUT2D eigenvalue weighted by Crippen LogP contribution is -2.39. The second-order valence-corrected chi connectivity index (χ2v) is 9.64. The molecule has 41 heavy (non-hydrogen) atoms. The maximum Gasteiger partial charge on any atom is 0.416 e. The lowest BCUT2D eigenvalue weighted by atomic mass is 9.78. The second kappa shape index (κ2) is 12.2. The molecule has 2 aromatic heterocycles. The predicted octanol–water partition coefficient (Wildman–Crippen LogP) is 6.81. The Kier molecular flexibility index (Phi) is 9.58. The van der Waals surface area contributed by atoms with Crippen LogP contribution >= 0.6 is 24.8 Å². The van der Waals surface area contributed by atoms with E-state index in [4.69, 9.17) is 4.74 Å². The third-order valence-electron chi connectivity index (χ3n) is 6.94. The van der Waals surface area contributed by atoms with E-state index in [1.54, 1.807) is 12.1 Å². The number of carbonyl (C=O) groups is 1. The minimum Gasteiger partial charge on any atom is -0.441 e. The number of benzene rings is 1. The van der Waals surface area contributed by atoms with E-state index in [1.807, 2.05) is 0 Å². The predicted molar refractivity (Wildman–Crippen MR) is 141 cm³/mol. The van der Waals surface area contributed by atoms with Crippen LogP contribution in [0.4, 0.5) is 42.8 Å². The van der Waals surface area contributed by atoms with Crippen molar-refractivity contribution in [3.8, 4) is 11.3 Å². The number of carbonyl (C=O) groups excluding carboxylic acids is 1. The lowest BCUT2D eigenvalue weighted by Gasteiger charge is -2.35. The van der Waals surface area contributed by atoms with E-state index in [9.17, 15) is 31.1 Å². The Morgan fingerprint density at radius 3 is 2.12 bits per heavy atom. The van der Waals surface area contributed by atoms with E-state index >= 15 is 0 Å². The van der Waals surface area contributed by atoms with Crippen LogP contribution in [0.15, 0.2) is 48.7 Å². The first-order valence-corrected chi connectivity index (χ1v) is 12.1. The second-order valence-electron chi connectivity index (χ2n) is 9.64. The quantitative estimate of drug-likeness (QED) is 0.312. The van der Waals surface area contributed by atoms with E-state index < -0.39 is 35.2 Å². The number of aromatic nitrogens is 4. The minimum atomic E-state index is -4.95. The number of hydrogen-bond acceptors (Lipinski definition) is 7. The molecule has 0 radical (unpaired) electrons. The van der Waals surface area contributed by atoms with Gasteiger partial charge in [-0.3, -0.25) is 4.90 Å². The molecule has 3 heterocycles. The maximum atomic E-state index is 13.2. The summed E-state index contributed by atoms with van der Waals surface area (Å²) in [5.74, 6) is 1.01. The van der Waals surface area contributed by atoms with E-state index in [0.29, 0.717) is 49.7 Å². The molecule has 0 unspecified atom stereocenters. The Morgan fingerprint density at radius 1 is 0.927 bits per heavy atom. The summed E-state index contributed by atoms with van der Waals surface area (Å²) in [6.45, 7) is 0.914. The molecule has 1 aromatic carbocycles. The topological polar surface area (TPSA) is 93.1 Å². The van der Waals surface area contributed by atoms with E-state index in [2.05, 4.69) is 25.7 Å². The molecule has 1 spiro atoms. The van der Waals surface area contributed by atoms with Gasteiger partial charge in [-0.1, -0.05) is 0 Å². The van der Waals surface area contributed by atoms with Crippen molar-refractivity contribution in [2.24, 2.45) is 5.92 Å². The minimum absolute atomic E-state index is 0. The highest BCUT2D eigenvalue weighted by molar-refractivity contribution is 5.89. The summed E-state index contributed by atoms with van der Waals surface area (Å²) in [4.78, 5) is 13.9. The summed E-state index contributed by atoms with van der Waals surface area (Å²) in [5.41, 5.74) is -3.88. The third kappa shape index (κ3) is 7.28. The molecule has 222 valence electrons. The number of alkyl halides is 6. The molecule has 1 aliphatic heterocycles. The molecule has 0 bridgehead atoms. The number of nitrogens with zero attached hydrogens (tertiary/aromatic N) is 5. The van der Waals surface area contributed by atoms with Crippen molar-refractivity contribution in [1.82, 2.24) is 20.4 Å².